The van der Waals surface area contributed by atoms with Gasteiger partial charge in [0.15, 0.2) is 0 Å². The number of esters is 1. The highest BCUT2D eigenvalue weighted by atomic mass is 16.5. The average molecular weight is 286 g/mol. The lowest BCUT2D eigenvalue weighted by Crippen LogP contribution is -2.57. The Kier molecular flexibility index (Phi) is 7.48. The van der Waals surface area contributed by atoms with Crippen LogP contribution in [-0.2, 0) is 14.3 Å². The van der Waals surface area contributed by atoms with Crippen molar-refractivity contribution >= 4 is 5.97 Å². The zero-order chi connectivity index (χ0) is 15.0. The fourth-order valence-electron chi connectivity index (χ4n) is 2.78. The minimum atomic E-state index is -0.659. The van der Waals surface area contributed by atoms with Gasteiger partial charge in [-0.15, -0.1) is 0 Å². The first-order valence-electron chi connectivity index (χ1n) is 7.74. The molecular weight excluding hydrogens is 256 g/mol. The summed E-state index contributed by atoms with van der Waals surface area (Å²) in [4.78, 5) is 14.3. The molecule has 0 aromatic rings. The van der Waals surface area contributed by atoms with E-state index >= 15 is 0 Å². The number of ether oxygens (including phenoxy) is 2. The van der Waals surface area contributed by atoms with E-state index in [4.69, 9.17) is 9.47 Å². The van der Waals surface area contributed by atoms with Crippen molar-refractivity contribution in [2.75, 3.05) is 39.9 Å². The lowest BCUT2D eigenvalue weighted by atomic mass is 10.0. The zero-order valence-electron chi connectivity index (χ0n) is 13.4. The molecule has 0 aromatic carbocycles. The number of carbonyl (C=O) groups excluding carboxylic acids is 1. The van der Waals surface area contributed by atoms with Crippen molar-refractivity contribution in [2.24, 2.45) is 0 Å². The minimum Gasteiger partial charge on any atom is -0.465 e. The van der Waals surface area contributed by atoms with Crippen LogP contribution in [0, 0.1) is 0 Å². The highest BCUT2D eigenvalue weighted by Crippen LogP contribution is 2.15. The van der Waals surface area contributed by atoms with Crippen LogP contribution < -0.4 is 5.32 Å². The lowest BCUT2D eigenvalue weighted by Gasteiger charge is -2.34. The monoisotopic (exact) mass is 286 g/mol. The van der Waals surface area contributed by atoms with Crippen LogP contribution in [0.2, 0.25) is 0 Å². The third-order valence-corrected chi connectivity index (χ3v) is 3.67. The van der Waals surface area contributed by atoms with Gasteiger partial charge in [0, 0.05) is 19.7 Å². The quantitative estimate of drug-likeness (QED) is 0.684. The van der Waals surface area contributed by atoms with E-state index in [0.717, 1.165) is 32.5 Å². The molecule has 1 saturated heterocycles. The maximum atomic E-state index is 12.1. The van der Waals surface area contributed by atoms with Crippen molar-refractivity contribution in [3.63, 3.8) is 0 Å². The molecule has 5 heteroatoms. The van der Waals surface area contributed by atoms with E-state index in [2.05, 4.69) is 10.2 Å². The molecule has 0 bridgehead atoms. The number of carbonyl (C=O) groups is 1. The van der Waals surface area contributed by atoms with Crippen LogP contribution in [0.1, 0.15) is 40.0 Å². The first kappa shape index (κ1) is 17.4. The molecule has 1 aliphatic heterocycles. The van der Waals surface area contributed by atoms with Crippen LogP contribution in [-0.4, -0.2) is 62.4 Å². The maximum absolute atomic E-state index is 12.1. The normalized spacial score (nSPS) is 22.6. The van der Waals surface area contributed by atoms with Gasteiger partial charge in [-0.3, -0.25) is 4.79 Å². The molecular formula is C15H30N2O3. The lowest BCUT2D eigenvalue weighted by molar-refractivity contribution is -0.151. The summed E-state index contributed by atoms with van der Waals surface area (Å²) in [5.41, 5.74) is -0.659. The molecule has 0 amide bonds. The molecule has 0 saturated carbocycles. The Morgan fingerprint density at radius 3 is 2.75 bits per heavy atom. The SMILES string of the molecule is CCNC(C)(CN(C)CC1CCCCO1)C(=O)OCC. The van der Waals surface area contributed by atoms with E-state index in [-0.39, 0.29) is 5.97 Å². The summed E-state index contributed by atoms with van der Waals surface area (Å²) >= 11 is 0. The summed E-state index contributed by atoms with van der Waals surface area (Å²) in [5.74, 6) is -0.182. The minimum absolute atomic E-state index is 0.182. The van der Waals surface area contributed by atoms with Crippen molar-refractivity contribution in [1.82, 2.24) is 10.2 Å². The van der Waals surface area contributed by atoms with Crippen LogP contribution >= 0.6 is 0 Å². The highest BCUT2D eigenvalue weighted by Gasteiger charge is 2.35. The molecule has 2 unspecified atom stereocenters. The first-order valence-corrected chi connectivity index (χ1v) is 7.74. The molecule has 0 aliphatic carbocycles. The van der Waals surface area contributed by atoms with E-state index in [0.29, 0.717) is 19.3 Å². The number of nitrogens with one attached hydrogen (secondary N) is 1. The van der Waals surface area contributed by atoms with Crippen LogP contribution in [0.5, 0.6) is 0 Å². The molecule has 118 valence electrons. The molecule has 1 N–H and O–H groups in total. The van der Waals surface area contributed by atoms with Crippen molar-refractivity contribution in [1.29, 1.82) is 0 Å². The number of hydrogen-bond acceptors (Lipinski definition) is 5. The second-order valence-corrected chi connectivity index (χ2v) is 5.77. The number of rotatable bonds is 8. The zero-order valence-corrected chi connectivity index (χ0v) is 13.4. The Labute approximate surface area is 123 Å². The first-order chi connectivity index (χ1) is 9.51. The predicted octanol–water partition coefficient (Wildman–Crippen LogP) is 1.42. The van der Waals surface area contributed by atoms with Gasteiger partial charge >= 0.3 is 5.97 Å². The fraction of sp³-hybridized carbons (Fsp3) is 0.933. The third kappa shape index (κ3) is 5.38. The maximum Gasteiger partial charge on any atom is 0.327 e. The summed E-state index contributed by atoms with van der Waals surface area (Å²) in [5, 5.41) is 3.25. The smallest absolute Gasteiger partial charge is 0.327 e. The highest BCUT2D eigenvalue weighted by molar-refractivity contribution is 5.80. The number of nitrogens with zero attached hydrogens (tertiary/aromatic N) is 1. The second kappa shape index (κ2) is 8.60. The second-order valence-electron chi connectivity index (χ2n) is 5.77. The summed E-state index contributed by atoms with van der Waals surface area (Å²) in [6, 6.07) is 0. The van der Waals surface area contributed by atoms with Crippen molar-refractivity contribution < 1.29 is 14.3 Å². The van der Waals surface area contributed by atoms with Gasteiger partial charge in [-0.05, 0) is 46.7 Å². The summed E-state index contributed by atoms with van der Waals surface area (Å²) in [6.45, 7) is 9.25. The van der Waals surface area contributed by atoms with E-state index in [9.17, 15) is 4.79 Å². The Morgan fingerprint density at radius 1 is 1.45 bits per heavy atom. The van der Waals surface area contributed by atoms with Gasteiger partial charge in [0.1, 0.15) is 5.54 Å². The Bertz CT molecular complexity index is 293. The molecule has 1 aliphatic rings. The van der Waals surface area contributed by atoms with E-state index in [1.807, 2.05) is 27.8 Å². The Morgan fingerprint density at radius 2 is 2.20 bits per heavy atom. The molecule has 1 rings (SSSR count). The standard InChI is InChI=1S/C15H30N2O3/c1-5-16-15(3,14(18)19-6-2)12-17(4)11-13-9-7-8-10-20-13/h13,16H,5-12H2,1-4H3. The topological polar surface area (TPSA) is 50.8 Å². The average Bonchev–Trinajstić information content (AvgIpc) is 2.40. The van der Waals surface area contributed by atoms with Crippen LogP contribution in [0.25, 0.3) is 0 Å². The molecule has 0 radical (unpaired) electrons. The summed E-state index contributed by atoms with van der Waals surface area (Å²) in [7, 11) is 2.03. The number of hydrogen-bond donors (Lipinski definition) is 1. The molecule has 0 spiro atoms. The molecule has 20 heavy (non-hydrogen) atoms. The van der Waals surface area contributed by atoms with Crippen molar-refractivity contribution in [3.05, 3.63) is 0 Å². The van der Waals surface area contributed by atoms with E-state index in [1.165, 1.54) is 6.42 Å². The summed E-state index contributed by atoms with van der Waals surface area (Å²) in [6.07, 6.45) is 3.81. The van der Waals surface area contributed by atoms with Gasteiger partial charge in [0.2, 0.25) is 0 Å². The molecule has 5 nitrogen and oxygen atoms in total. The molecule has 2 atom stereocenters. The van der Waals surface area contributed by atoms with Crippen molar-refractivity contribution in [2.45, 2.75) is 51.7 Å². The predicted molar refractivity (Wildman–Crippen MR) is 79.8 cm³/mol. The van der Waals surface area contributed by atoms with Crippen LogP contribution in [0.15, 0.2) is 0 Å². The van der Waals surface area contributed by atoms with Crippen LogP contribution in [0.3, 0.4) is 0 Å². The largest absolute Gasteiger partial charge is 0.465 e. The Hall–Kier alpha value is -0.650. The fourth-order valence-corrected chi connectivity index (χ4v) is 2.78. The van der Waals surface area contributed by atoms with Crippen LogP contribution in [0.4, 0.5) is 0 Å². The van der Waals surface area contributed by atoms with E-state index in [1.54, 1.807) is 0 Å². The number of likely N-dealkylation sites (N-methyl/N-ethyl adjacent to an activating group) is 2. The molecule has 1 heterocycles. The van der Waals surface area contributed by atoms with Gasteiger partial charge in [-0.2, -0.15) is 0 Å². The third-order valence-electron chi connectivity index (χ3n) is 3.67. The van der Waals surface area contributed by atoms with E-state index < -0.39 is 5.54 Å². The molecule has 1 fully saturated rings. The molecule has 0 aromatic heterocycles. The summed E-state index contributed by atoms with van der Waals surface area (Å²) < 4.78 is 10.9. The Balaban J connectivity index is 2.52. The van der Waals surface area contributed by atoms with Gasteiger partial charge in [-0.1, -0.05) is 6.92 Å². The van der Waals surface area contributed by atoms with Gasteiger partial charge in [0.25, 0.3) is 0 Å². The van der Waals surface area contributed by atoms with Gasteiger partial charge < -0.3 is 19.7 Å². The van der Waals surface area contributed by atoms with Gasteiger partial charge in [-0.25, -0.2) is 0 Å². The van der Waals surface area contributed by atoms with Gasteiger partial charge in [0.05, 0.1) is 12.7 Å². The van der Waals surface area contributed by atoms with Crippen molar-refractivity contribution in [3.8, 4) is 0 Å².